The molecule has 0 aromatic carbocycles. The fraction of sp³-hybridized carbons (Fsp3) is 0.615. The van der Waals surface area contributed by atoms with Crippen LogP contribution in [0.4, 0.5) is 5.69 Å². The van der Waals surface area contributed by atoms with Crippen LogP contribution in [-0.2, 0) is 0 Å². The van der Waals surface area contributed by atoms with Gasteiger partial charge in [0.25, 0.3) is 5.91 Å². The van der Waals surface area contributed by atoms with Crippen LogP contribution in [0.25, 0.3) is 0 Å². The molecule has 2 rings (SSSR count). The van der Waals surface area contributed by atoms with Gasteiger partial charge >= 0.3 is 0 Å². The predicted octanol–water partition coefficient (Wildman–Crippen LogP) is 2.80. The smallest absolute Gasteiger partial charge is 0.261 e. The number of hydrogen-bond acceptors (Lipinski definition) is 3. The van der Waals surface area contributed by atoms with Crippen molar-refractivity contribution in [1.29, 1.82) is 0 Å². The minimum atomic E-state index is -0.00144. The largest absolute Gasteiger partial charge is 0.398 e. The van der Waals surface area contributed by atoms with Gasteiger partial charge < -0.3 is 11.1 Å². The molecule has 1 heterocycles. The summed E-state index contributed by atoms with van der Waals surface area (Å²) in [6, 6.07) is 2.00. The van der Waals surface area contributed by atoms with Crippen molar-refractivity contribution in [3.05, 3.63) is 15.8 Å². The van der Waals surface area contributed by atoms with E-state index in [-0.39, 0.29) is 22.8 Å². The van der Waals surface area contributed by atoms with Gasteiger partial charge in [0, 0.05) is 16.6 Å². The Morgan fingerprint density at radius 3 is 2.24 bits per heavy atom. The van der Waals surface area contributed by atoms with E-state index >= 15 is 0 Å². The van der Waals surface area contributed by atoms with Crippen molar-refractivity contribution in [1.82, 2.24) is 5.32 Å². The number of nitrogens with one attached hydrogen (secondary N) is 1. The quantitative estimate of drug-likeness (QED) is 0.850. The van der Waals surface area contributed by atoms with Crippen LogP contribution >= 0.6 is 11.3 Å². The summed E-state index contributed by atoms with van der Waals surface area (Å²) in [7, 11) is 0. The lowest BCUT2D eigenvalue weighted by Crippen LogP contribution is -2.29. The molecule has 1 aromatic rings. The molecule has 1 aliphatic carbocycles. The van der Waals surface area contributed by atoms with Gasteiger partial charge in [-0.1, -0.05) is 27.7 Å². The second-order valence-electron chi connectivity index (χ2n) is 5.97. The fourth-order valence-corrected chi connectivity index (χ4v) is 3.21. The van der Waals surface area contributed by atoms with Gasteiger partial charge in [-0.2, -0.15) is 0 Å². The zero-order chi connectivity index (χ0) is 13.0. The van der Waals surface area contributed by atoms with Crippen molar-refractivity contribution in [3.8, 4) is 0 Å². The van der Waals surface area contributed by atoms with E-state index in [2.05, 4.69) is 33.0 Å². The van der Waals surface area contributed by atoms with Crippen LogP contribution in [0, 0.1) is 17.8 Å². The molecule has 0 atom stereocenters. The summed E-state index contributed by atoms with van der Waals surface area (Å²) in [4.78, 5) is 13.8. The predicted molar refractivity (Wildman–Crippen MR) is 72.3 cm³/mol. The molecule has 0 spiro atoms. The van der Waals surface area contributed by atoms with Crippen molar-refractivity contribution < 1.29 is 4.79 Å². The summed E-state index contributed by atoms with van der Waals surface area (Å²) >= 11 is 1.46. The summed E-state index contributed by atoms with van der Waals surface area (Å²) in [5.41, 5.74) is 6.80. The van der Waals surface area contributed by atoms with Gasteiger partial charge in [0.05, 0.1) is 4.88 Å². The van der Waals surface area contributed by atoms with Gasteiger partial charge in [0.15, 0.2) is 0 Å². The Labute approximate surface area is 106 Å². The molecule has 1 aromatic heterocycles. The van der Waals surface area contributed by atoms with Crippen molar-refractivity contribution >= 4 is 22.9 Å². The Bertz CT molecular complexity index is 440. The van der Waals surface area contributed by atoms with Crippen LogP contribution < -0.4 is 11.1 Å². The Balaban J connectivity index is 2.09. The number of carbonyl (C=O) groups is 1. The van der Waals surface area contributed by atoms with Gasteiger partial charge in [0.1, 0.15) is 0 Å². The molecule has 0 unspecified atom stereocenters. The molecule has 0 radical (unpaired) electrons. The number of hydrogen-bond donors (Lipinski definition) is 2. The van der Waals surface area contributed by atoms with Crippen LogP contribution in [0.3, 0.4) is 0 Å². The van der Waals surface area contributed by atoms with Gasteiger partial charge in [-0.25, -0.2) is 0 Å². The number of nitrogen functional groups attached to an aromatic ring is 1. The van der Waals surface area contributed by atoms with Crippen molar-refractivity contribution in [2.24, 2.45) is 10.8 Å². The number of anilines is 1. The van der Waals surface area contributed by atoms with Crippen LogP contribution in [-0.4, -0.2) is 11.9 Å². The van der Waals surface area contributed by atoms with E-state index in [0.717, 1.165) is 4.88 Å². The summed E-state index contributed by atoms with van der Waals surface area (Å²) in [5.74, 6) is -0.00144. The Hall–Kier alpha value is -1.03. The van der Waals surface area contributed by atoms with Gasteiger partial charge in [-0.3, -0.25) is 4.79 Å². The lowest BCUT2D eigenvalue weighted by atomic mass is 10.0. The summed E-state index contributed by atoms with van der Waals surface area (Å²) < 4.78 is 0. The maximum atomic E-state index is 12.1. The van der Waals surface area contributed by atoms with Crippen molar-refractivity contribution in [3.63, 3.8) is 0 Å². The monoisotopic (exact) mass is 252 g/mol. The third-order valence-corrected chi connectivity index (χ3v) is 5.54. The molecule has 0 saturated heterocycles. The van der Waals surface area contributed by atoms with E-state index in [1.807, 2.05) is 6.92 Å². The highest BCUT2D eigenvalue weighted by atomic mass is 32.1. The van der Waals surface area contributed by atoms with Crippen LogP contribution in [0.2, 0.25) is 0 Å². The minimum Gasteiger partial charge on any atom is -0.398 e. The van der Waals surface area contributed by atoms with Gasteiger partial charge in [0.2, 0.25) is 0 Å². The SMILES string of the molecule is Cc1sc(C(=O)NC2C(C)(C)C2(C)C)cc1N. The molecule has 1 fully saturated rings. The molecule has 1 saturated carbocycles. The first kappa shape index (κ1) is 12.4. The van der Waals surface area contributed by atoms with E-state index in [4.69, 9.17) is 5.73 Å². The molecule has 3 nitrogen and oxygen atoms in total. The first-order chi connectivity index (χ1) is 7.68. The van der Waals surface area contributed by atoms with E-state index in [0.29, 0.717) is 10.6 Å². The maximum Gasteiger partial charge on any atom is 0.261 e. The van der Waals surface area contributed by atoms with Gasteiger partial charge in [-0.15, -0.1) is 11.3 Å². The first-order valence-electron chi connectivity index (χ1n) is 5.84. The minimum absolute atomic E-state index is 0.00144. The standard InChI is InChI=1S/C13H20N2OS/c1-7-8(14)6-9(17-7)10(16)15-11-12(2,3)13(11,4)5/h6,11H,14H2,1-5H3,(H,15,16). The molecule has 17 heavy (non-hydrogen) atoms. The van der Waals surface area contributed by atoms with E-state index < -0.39 is 0 Å². The average Bonchev–Trinajstić information content (AvgIpc) is 2.51. The summed E-state index contributed by atoms with van der Waals surface area (Å²) in [5, 5.41) is 3.11. The zero-order valence-electron chi connectivity index (χ0n) is 11.0. The lowest BCUT2D eigenvalue weighted by Gasteiger charge is -2.04. The second-order valence-corrected chi connectivity index (χ2v) is 7.23. The van der Waals surface area contributed by atoms with Crippen molar-refractivity contribution in [2.45, 2.75) is 40.7 Å². The average molecular weight is 252 g/mol. The third kappa shape index (κ3) is 1.75. The Kier molecular flexibility index (Phi) is 2.54. The van der Waals surface area contributed by atoms with Gasteiger partial charge in [-0.05, 0) is 23.8 Å². The van der Waals surface area contributed by atoms with Crippen molar-refractivity contribution in [2.75, 3.05) is 5.73 Å². The normalized spacial score (nSPS) is 21.2. The van der Waals surface area contributed by atoms with E-state index in [9.17, 15) is 4.79 Å². The fourth-order valence-electron chi connectivity index (χ4n) is 2.37. The van der Waals surface area contributed by atoms with Crippen LogP contribution in [0.15, 0.2) is 6.07 Å². The highest BCUT2D eigenvalue weighted by Crippen LogP contribution is 2.62. The highest BCUT2D eigenvalue weighted by Gasteiger charge is 2.65. The number of thiophene rings is 1. The van der Waals surface area contributed by atoms with E-state index in [1.54, 1.807) is 6.07 Å². The highest BCUT2D eigenvalue weighted by molar-refractivity contribution is 7.14. The molecular weight excluding hydrogens is 232 g/mol. The summed E-state index contributed by atoms with van der Waals surface area (Å²) in [6.07, 6.45) is 0. The Morgan fingerprint density at radius 1 is 1.35 bits per heavy atom. The lowest BCUT2D eigenvalue weighted by molar-refractivity contribution is 0.0947. The third-order valence-electron chi connectivity index (χ3n) is 4.48. The topological polar surface area (TPSA) is 55.1 Å². The first-order valence-corrected chi connectivity index (χ1v) is 6.66. The second kappa shape index (κ2) is 3.48. The molecule has 94 valence electrons. The molecular formula is C13H20N2OS. The number of nitrogens with two attached hydrogens (primary N) is 1. The maximum absolute atomic E-state index is 12.1. The van der Waals surface area contributed by atoms with Crippen LogP contribution in [0.1, 0.15) is 42.2 Å². The number of aryl methyl sites for hydroxylation is 1. The molecule has 0 aliphatic heterocycles. The molecule has 1 aliphatic rings. The number of amides is 1. The zero-order valence-corrected chi connectivity index (χ0v) is 11.9. The number of carbonyl (C=O) groups excluding carboxylic acids is 1. The van der Waals surface area contributed by atoms with Crippen LogP contribution in [0.5, 0.6) is 0 Å². The number of rotatable bonds is 2. The van der Waals surface area contributed by atoms with E-state index in [1.165, 1.54) is 11.3 Å². The molecule has 4 heteroatoms. The Morgan fingerprint density at radius 2 is 1.88 bits per heavy atom. The molecule has 1 amide bonds. The summed E-state index contributed by atoms with van der Waals surface area (Å²) in [6.45, 7) is 10.7. The molecule has 3 N–H and O–H groups in total. The molecule has 0 bridgehead atoms.